The van der Waals surface area contributed by atoms with Crippen LogP contribution in [0, 0.1) is 20.8 Å². The number of rotatable bonds is 3. The summed E-state index contributed by atoms with van der Waals surface area (Å²) in [7, 11) is 0. The number of benzene rings is 1. The van der Waals surface area contributed by atoms with Crippen molar-refractivity contribution in [1.29, 1.82) is 0 Å². The number of imidazole rings is 1. The lowest BCUT2D eigenvalue weighted by molar-refractivity contribution is -0.106. The average molecular weight is 279 g/mol. The number of carbonyl (C=O) groups excluding carboxylic acids is 1. The standard InChI is InChI=1S/C17H17N3O/c1-12-7-6-8-13(2)16(12)20(11-21)17-14(3)18-15-9-4-5-10-19(15)17/h4-11H,1-3H3. The van der Waals surface area contributed by atoms with Gasteiger partial charge in [-0.3, -0.25) is 14.1 Å². The number of carbonyl (C=O) groups is 1. The van der Waals surface area contributed by atoms with Crippen LogP contribution < -0.4 is 4.90 Å². The highest BCUT2D eigenvalue weighted by Crippen LogP contribution is 2.32. The van der Waals surface area contributed by atoms with Crippen LogP contribution >= 0.6 is 0 Å². The van der Waals surface area contributed by atoms with Gasteiger partial charge in [0.25, 0.3) is 0 Å². The minimum absolute atomic E-state index is 0.790. The van der Waals surface area contributed by atoms with E-state index in [0.717, 1.165) is 40.4 Å². The maximum Gasteiger partial charge on any atom is 0.219 e. The van der Waals surface area contributed by atoms with Crippen molar-refractivity contribution < 1.29 is 4.79 Å². The monoisotopic (exact) mass is 279 g/mol. The van der Waals surface area contributed by atoms with E-state index in [0.29, 0.717) is 0 Å². The van der Waals surface area contributed by atoms with Crippen molar-refractivity contribution in [3.05, 3.63) is 59.4 Å². The Bertz CT molecular complexity index is 800. The number of hydrogen-bond donors (Lipinski definition) is 0. The van der Waals surface area contributed by atoms with Crippen molar-refractivity contribution in [2.45, 2.75) is 20.8 Å². The number of para-hydroxylation sites is 1. The highest BCUT2D eigenvalue weighted by molar-refractivity contribution is 5.89. The van der Waals surface area contributed by atoms with Crippen molar-refractivity contribution in [2.75, 3.05) is 4.90 Å². The van der Waals surface area contributed by atoms with Gasteiger partial charge in [0.2, 0.25) is 6.41 Å². The van der Waals surface area contributed by atoms with Crippen LogP contribution in [-0.2, 0) is 4.79 Å². The Morgan fingerprint density at radius 3 is 2.43 bits per heavy atom. The second-order valence-electron chi connectivity index (χ2n) is 5.17. The molecule has 0 spiro atoms. The van der Waals surface area contributed by atoms with E-state index in [4.69, 9.17) is 0 Å². The van der Waals surface area contributed by atoms with Crippen LogP contribution in [0.5, 0.6) is 0 Å². The largest absolute Gasteiger partial charge is 0.285 e. The third-order valence-corrected chi connectivity index (χ3v) is 3.69. The molecule has 0 bridgehead atoms. The molecular formula is C17H17N3O. The zero-order valence-corrected chi connectivity index (χ0v) is 12.4. The number of aryl methyl sites for hydroxylation is 3. The zero-order chi connectivity index (χ0) is 15.0. The van der Waals surface area contributed by atoms with Crippen LogP contribution in [0.2, 0.25) is 0 Å². The average Bonchev–Trinajstić information content (AvgIpc) is 2.79. The second-order valence-corrected chi connectivity index (χ2v) is 5.17. The molecule has 3 aromatic rings. The zero-order valence-electron chi connectivity index (χ0n) is 12.4. The first-order valence-electron chi connectivity index (χ1n) is 6.88. The lowest BCUT2D eigenvalue weighted by Gasteiger charge is -2.22. The third kappa shape index (κ3) is 2.09. The molecule has 0 aliphatic carbocycles. The van der Waals surface area contributed by atoms with E-state index in [1.807, 2.05) is 67.8 Å². The van der Waals surface area contributed by atoms with Gasteiger partial charge < -0.3 is 0 Å². The molecule has 0 unspecified atom stereocenters. The smallest absolute Gasteiger partial charge is 0.219 e. The summed E-state index contributed by atoms with van der Waals surface area (Å²) in [4.78, 5) is 18.0. The van der Waals surface area contributed by atoms with Crippen molar-refractivity contribution >= 4 is 23.6 Å². The number of aromatic nitrogens is 2. The topological polar surface area (TPSA) is 37.6 Å². The lowest BCUT2D eigenvalue weighted by atomic mass is 10.1. The fraction of sp³-hybridized carbons (Fsp3) is 0.176. The molecule has 0 saturated carbocycles. The van der Waals surface area contributed by atoms with Gasteiger partial charge in [0.1, 0.15) is 11.5 Å². The van der Waals surface area contributed by atoms with Crippen LogP contribution in [0.3, 0.4) is 0 Å². The molecule has 0 atom stereocenters. The van der Waals surface area contributed by atoms with Crippen LogP contribution in [0.25, 0.3) is 5.65 Å². The molecule has 0 aliphatic rings. The van der Waals surface area contributed by atoms with Crippen molar-refractivity contribution in [1.82, 2.24) is 9.38 Å². The summed E-state index contributed by atoms with van der Waals surface area (Å²) in [6.45, 7) is 5.95. The Hall–Kier alpha value is -2.62. The van der Waals surface area contributed by atoms with Gasteiger partial charge in [-0.15, -0.1) is 0 Å². The molecule has 0 fully saturated rings. The summed E-state index contributed by atoms with van der Waals surface area (Å²) in [5.74, 6) is 0.790. The van der Waals surface area contributed by atoms with Crippen LogP contribution in [0.15, 0.2) is 42.6 Å². The maximum absolute atomic E-state index is 11.8. The van der Waals surface area contributed by atoms with Gasteiger partial charge in [0, 0.05) is 6.20 Å². The summed E-state index contributed by atoms with van der Waals surface area (Å²) in [6, 6.07) is 11.8. The first kappa shape index (κ1) is 13.4. The van der Waals surface area contributed by atoms with Gasteiger partial charge in [0.05, 0.1) is 11.4 Å². The summed E-state index contributed by atoms with van der Waals surface area (Å²) >= 11 is 0. The Labute approximate surface area is 123 Å². The summed E-state index contributed by atoms with van der Waals surface area (Å²) in [6.07, 6.45) is 2.79. The molecule has 21 heavy (non-hydrogen) atoms. The predicted octanol–water partition coefficient (Wildman–Crippen LogP) is 3.55. The molecule has 0 aliphatic heterocycles. The van der Waals surface area contributed by atoms with E-state index in [-0.39, 0.29) is 0 Å². The highest BCUT2D eigenvalue weighted by atomic mass is 16.1. The van der Waals surface area contributed by atoms with Gasteiger partial charge >= 0.3 is 0 Å². The van der Waals surface area contributed by atoms with Gasteiger partial charge in [-0.25, -0.2) is 4.98 Å². The Kier molecular flexibility index (Phi) is 3.22. The van der Waals surface area contributed by atoms with Gasteiger partial charge in [-0.1, -0.05) is 24.3 Å². The van der Waals surface area contributed by atoms with Crippen LogP contribution in [0.1, 0.15) is 16.8 Å². The first-order chi connectivity index (χ1) is 10.1. The van der Waals surface area contributed by atoms with E-state index in [1.54, 1.807) is 4.90 Å². The van der Waals surface area contributed by atoms with Crippen LogP contribution in [-0.4, -0.2) is 15.8 Å². The molecule has 0 N–H and O–H groups in total. The predicted molar refractivity (Wildman–Crippen MR) is 84.0 cm³/mol. The molecule has 1 amide bonds. The fourth-order valence-corrected chi connectivity index (χ4v) is 2.78. The van der Waals surface area contributed by atoms with E-state index in [1.165, 1.54) is 0 Å². The molecular weight excluding hydrogens is 262 g/mol. The highest BCUT2D eigenvalue weighted by Gasteiger charge is 2.19. The Balaban J connectivity index is 2.29. The van der Waals surface area contributed by atoms with Gasteiger partial charge in [-0.05, 0) is 44.0 Å². The third-order valence-electron chi connectivity index (χ3n) is 3.69. The van der Waals surface area contributed by atoms with Crippen molar-refractivity contribution in [3.8, 4) is 0 Å². The number of pyridine rings is 1. The summed E-state index contributed by atoms with van der Waals surface area (Å²) in [5.41, 5.74) is 4.71. The number of amides is 1. The Morgan fingerprint density at radius 2 is 1.76 bits per heavy atom. The summed E-state index contributed by atoms with van der Waals surface area (Å²) in [5, 5.41) is 0. The van der Waals surface area contributed by atoms with Crippen LogP contribution in [0.4, 0.5) is 11.5 Å². The van der Waals surface area contributed by atoms with E-state index >= 15 is 0 Å². The first-order valence-corrected chi connectivity index (χ1v) is 6.88. The van der Waals surface area contributed by atoms with Crippen molar-refractivity contribution in [2.24, 2.45) is 0 Å². The lowest BCUT2D eigenvalue weighted by Crippen LogP contribution is -2.19. The SMILES string of the molecule is Cc1cccc(C)c1N(C=O)c1c(C)nc2ccccn12. The van der Waals surface area contributed by atoms with Gasteiger partial charge in [-0.2, -0.15) is 0 Å². The molecule has 106 valence electrons. The molecule has 3 rings (SSSR count). The molecule has 2 heterocycles. The minimum atomic E-state index is 0.790. The van der Waals surface area contributed by atoms with E-state index < -0.39 is 0 Å². The fourth-order valence-electron chi connectivity index (χ4n) is 2.78. The molecule has 4 heteroatoms. The quantitative estimate of drug-likeness (QED) is 0.687. The molecule has 4 nitrogen and oxygen atoms in total. The van der Waals surface area contributed by atoms with Crippen molar-refractivity contribution in [3.63, 3.8) is 0 Å². The summed E-state index contributed by atoms with van der Waals surface area (Å²) < 4.78 is 1.94. The molecule has 0 radical (unpaired) electrons. The minimum Gasteiger partial charge on any atom is -0.285 e. The van der Waals surface area contributed by atoms with E-state index in [2.05, 4.69) is 4.98 Å². The molecule has 0 saturated heterocycles. The normalized spacial score (nSPS) is 10.8. The Morgan fingerprint density at radius 1 is 1.05 bits per heavy atom. The number of nitrogens with zero attached hydrogens (tertiary/aromatic N) is 3. The molecule has 2 aromatic heterocycles. The van der Waals surface area contributed by atoms with Gasteiger partial charge in [0.15, 0.2) is 0 Å². The number of hydrogen-bond acceptors (Lipinski definition) is 2. The van der Waals surface area contributed by atoms with E-state index in [9.17, 15) is 4.79 Å². The maximum atomic E-state index is 11.8. The number of anilines is 2. The molecule has 1 aromatic carbocycles. The second kappa shape index (κ2) is 5.05. The number of fused-ring (bicyclic) bond motifs is 1.